The smallest absolute Gasteiger partial charge is 0.223 e. The van der Waals surface area contributed by atoms with Crippen LogP contribution < -0.4 is 5.32 Å². The Morgan fingerprint density at radius 3 is 3.12 bits per heavy atom. The number of nitrogens with zero attached hydrogens (tertiary/aromatic N) is 5. The molecule has 0 radical (unpaired) electrons. The number of hydrogen-bond donors (Lipinski definition) is 1. The molecule has 2 aromatic rings. The van der Waals surface area contributed by atoms with Crippen LogP contribution in [0.25, 0.3) is 0 Å². The van der Waals surface area contributed by atoms with Crippen LogP contribution in [0.4, 0.5) is 10.9 Å². The van der Waals surface area contributed by atoms with Crippen LogP contribution in [-0.2, 0) is 4.79 Å². The molecule has 0 aromatic carbocycles. The van der Waals surface area contributed by atoms with Gasteiger partial charge in [-0.15, -0.1) is 21.8 Å². The maximum Gasteiger partial charge on any atom is 0.223 e. The van der Waals surface area contributed by atoms with Crippen molar-refractivity contribution in [2.75, 3.05) is 24.3 Å². The van der Waals surface area contributed by atoms with E-state index in [1.807, 2.05) is 17.9 Å². The van der Waals surface area contributed by atoms with Gasteiger partial charge in [-0.2, -0.15) is 0 Å². The normalized spacial score (nSPS) is 17.8. The molecular weight excluding hydrogens is 348 g/mol. The van der Waals surface area contributed by atoms with Crippen molar-refractivity contribution in [3.63, 3.8) is 0 Å². The number of carbonyl (C=O) groups is 1. The van der Waals surface area contributed by atoms with E-state index in [-0.39, 0.29) is 11.8 Å². The van der Waals surface area contributed by atoms with Gasteiger partial charge in [0.05, 0.1) is 5.69 Å². The summed E-state index contributed by atoms with van der Waals surface area (Å²) in [5.41, 5.74) is 2.62. The van der Waals surface area contributed by atoms with Crippen molar-refractivity contribution >= 4 is 39.8 Å². The van der Waals surface area contributed by atoms with Crippen LogP contribution in [0, 0.1) is 6.92 Å². The first-order valence-electron chi connectivity index (χ1n) is 7.88. The predicted octanol–water partition coefficient (Wildman–Crippen LogP) is 2.72. The molecule has 2 aromatic heterocycles. The van der Waals surface area contributed by atoms with Gasteiger partial charge in [0, 0.05) is 37.4 Å². The first kappa shape index (κ1) is 17.0. The number of alkyl halides is 1. The third-order valence-electron chi connectivity index (χ3n) is 3.95. The summed E-state index contributed by atoms with van der Waals surface area (Å²) in [7, 11) is 0. The molecule has 24 heavy (non-hydrogen) atoms. The van der Waals surface area contributed by atoms with E-state index < -0.39 is 0 Å². The van der Waals surface area contributed by atoms with Gasteiger partial charge in [-0.3, -0.25) is 4.79 Å². The lowest BCUT2D eigenvalue weighted by Gasteiger charge is -2.32. The summed E-state index contributed by atoms with van der Waals surface area (Å²) in [5, 5.41) is 11.6. The molecule has 0 saturated carbocycles. The molecule has 0 aliphatic carbocycles. The van der Waals surface area contributed by atoms with Crippen molar-refractivity contribution in [2.45, 2.75) is 32.1 Å². The molecule has 1 saturated heterocycles. The zero-order valence-electron chi connectivity index (χ0n) is 13.4. The summed E-state index contributed by atoms with van der Waals surface area (Å²) < 4.78 is 0. The SMILES string of the molecule is Cc1nc(Nc2nncs2)cc(C2CCCN(C(=O)CCCl)C2)n1. The molecule has 0 spiro atoms. The Balaban J connectivity index is 1.75. The third-order valence-corrected chi connectivity index (χ3v) is 4.75. The zero-order chi connectivity index (χ0) is 16.9. The minimum absolute atomic E-state index is 0.118. The molecule has 1 N–H and O–H groups in total. The largest absolute Gasteiger partial charge is 0.342 e. The van der Waals surface area contributed by atoms with Gasteiger partial charge in [-0.25, -0.2) is 9.97 Å². The van der Waals surface area contributed by atoms with Gasteiger partial charge in [-0.1, -0.05) is 11.3 Å². The number of anilines is 2. The maximum atomic E-state index is 12.1. The molecule has 1 fully saturated rings. The Kier molecular flexibility index (Phi) is 5.57. The van der Waals surface area contributed by atoms with Crippen LogP contribution in [0.5, 0.6) is 0 Å². The minimum atomic E-state index is 0.118. The Labute approximate surface area is 149 Å². The lowest BCUT2D eigenvalue weighted by molar-refractivity contribution is -0.131. The summed E-state index contributed by atoms with van der Waals surface area (Å²) >= 11 is 7.11. The molecule has 1 unspecified atom stereocenters. The fourth-order valence-electron chi connectivity index (χ4n) is 2.89. The maximum absolute atomic E-state index is 12.1. The molecule has 3 rings (SSSR count). The van der Waals surface area contributed by atoms with Crippen molar-refractivity contribution in [1.82, 2.24) is 25.1 Å². The Hall–Kier alpha value is -1.80. The van der Waals surface area contributed by atoms with Crippen molar-refractivity contribution in [1.29, 1.82) is 0 Å². The zero-order valence-corrected chi connectivity index (χ0v) is 15.0. The highest BCUT2D eigenvalue weighted by Crippen LogP contribution is 2.28. The molecule has 3 heterocycles. The predicted molar refractivity (Wildman–Crippen MR) is 93.9 cm³/mol. The molecule has 1 aliphatic heterocycles. The van der Waals surface area contributed by atoms with Crippen LogP contribution in [0.15, 0.2) is 11.6 Å². The van der Waals surface area contributed by atoms with Crippen molar-refractivity contribution in [2.24, 2.45) is 0 Å². The number of likely N-dealkylation sites (tertiary alicyclic amines) is 1. The Bertz CT molecular complexity index is 695. The number of halogens is 1. The van der Waals surface area contributed by atoms with E-state index >= 15 is 0 Å². The van der Waals surface area contributed by atoms with Gasteiger partial charge in [0.2, 0.25) is 11.0 Å². The lowest BCUT2D eigenvalue weighted by Crippen LogP contribution is -2.39. The van der Waals surface area contributed by atoms with Gasteiger partial charge >= 0.3 is 0 Å². The van der Waals surface area contributed by atoms with E-state index in [0.717, 1.165) is 25.1 Å². The lowest BCUT2D eigenvalue weighted by atomic mass is 9.94. The summed E-state index contributed by atoms with van der Waals surface area (Å²) in [5.74, 6) is 2.10. The second kappa shape index (κ2) is 7.85. The van der Waals surface area contributed by atoms with E-state index in [9.17, 15) is 4.79 Å². The molecule has 9 heteroatoms. The van der Waals surface area contributed by atoms with Crippen molar-refractivity contribution in [3.05, 3.63) is 23.1 Å². The third kappa shape index (κ3) is 4.18. The first-order valence-corrected chi connectivity index (χ1v) is 9.29. The van der Waals surface area contributed by atoms with Gasteiger partial charge in [0.25, 0.3) is 0 Å². The summed E-state index contributed by atoms with van der Waals surface area (Å²) in [6.45, 7) is 3.35. The van der Waals surface area contributed by atoms with Gasteiger partial charge in [-0.05, 0) is 19.8 Å². The highest BCUT2D eigenvalue weighted by molar-refractivity contribution is 7.13. The van der Waals surface area contributed by atoms with Crippen molar-refractivity contribution in [3.8, 4) is 0 Å². The van der Waals surface area contributed by atoms with Crippen LogP contribution in [0.2, 0.25) is 0 Å². The second-order valence-corrected chi connectivity index (χ2v) is 6.92. The molecule has 1 aliphatic rings. The Morgan fingerprint density at radius 2 is 2.38 bits per heavy atom. The van der Waals surface area contributed by atoms with Crippen LogP contribution in [0.1, 0.15) is 36.7 Å². The summed E-state index contributed by atoms with van der Waals surface area (Å²) in [4.78, 5) is 23.0. The average Bonchev–Trinajstić information content (AvgIpc) is 3.07. The molecule has 0 bridgehead atoms. The van der Waals surface area contributed by atoms with Gasteiger partial charge in [0.1, 0.15) is 17.2 Å². The highest BCUT2D eigenvalue weighted by Gasteiger charge is 2.25. The first-order chi connectivity index (χ1) is 11.7. The monoisotopic (exact) mass is 366 g/mol. The molecular formula is C15H19ClN6OS. The minimum Gasteiger partial charge on any atom is -0.342 e. The van der Waals surface area contributed by atoms with E-state index in [4.69, 9.17) is 11.6 Å². The highest BCUT2D eigenvalue weighted by atomic mass is 35.5. The second-order valence-electron chi connectivity index (χ2n) is 5.71. The number of aryl methyl sites for hydroxylation is 1. The molecule has 1 atom stereocenters. The number of rotatable bonds is 5. The molecule has 1 amide bonds. The fraction of sp³-hybridized carbons (Fsp3) is 0.533. The standard InChI is InChI=1S/C15H19ClN6OS/c1-10-18-12(7-13(19-10)20-15-21-17-9-24-15)11-3-2-6-22(8-11)14(23)4-5-16/h7,9,11H,2-6,8H2,1H3,(H,18,19,20,21). The number of hydrogen-bond acceptors (Lipinski definition) is 7. The number of nitrogens with one attached hydrogen (secondary N) is 1. The fourth-order valence-corrected chi connectivity index (χ4v) is 3.50. The van der Waals surface area contributed by atoms with Crippen LogP contribution in [-0.4, -0.2) is 49.9 Å². The Morgan fingerprint density at radius 1 is 1.50 bits per heavy atom. The van der Waals surface area contributed by atoms with E-state index in [1.54, 1.807) is 5.51 Å². The molecule has 128 valence electrons. The van der Waals surface area contributed by atoms with Crippen molar-refractivity contribution < 1.29 is 4.79 Å². The summed E-state index contributed by atoms with van der Waals surface area (Å²) in [6, 6.07) is 1.94. The summed E-state index contributed by atoms with van der Waals surface area (Å²) in [6.07, 6.45) is 2.38. The van der Waals surface area contributed by atoms with Gasteiger partial charge in [0.15, 0.2) is 0 Å². The topological polar surface area (TPSA) is 83.9 Å². The quantitative estimate of drug-likeness (QED) is 0.819. The van der Waals surface area contributed by atoms with E-state index in [2.05, 4.69) is 25.5 Å². The molecule has 7 nitrogen and oxygen atoms in total. The number of amides is 1. The van der Waals surface area contributed by atoms with Gasteiger partial charge < -0.3 is 10.2 Å². The van der Waals surface area contributed by atoms with E-state index in [0.29, 0.717) is 35.6 Å². The number of carbonyl (C=O) groups excluding carboxylic acids is 1. The average molecular weight is 367 g/mol. The number of aromatic nitrogens is 4. The van der Waals surface area contributed by atoms with Crippen LogP contribution >= 0.6 is 22.9 Å². The number of piperidine rings is 1. The van der Waals surface area contributed by atoms with Crippen LogP contribution in [0.3, 0.4) is 0 Å². The van der Waals surface area contributed by atoms with E-state index in [1.165, 1.54) is 11.3 Å².